The minimum Gasteiger partial charge on any atom is -0.381 e. The van der Waals surface area contributed by atoms with Crippen molar-refractivity contribution in [3.8, 4) is 0 Å². The fourth-order valence-electron chi connectivity index (χ4n) is 2.60. The third-order valence-electron chi connectivity index (χ3n) is 3.79. The average Bonchev–Trinajstić information content (AvgIpc) is 3.18. The van der Waals surface area contributed by atoms with E-state index in [1.165, 1.54) is 6.42 Å². The van der Waals surface area contributed by atoms with Gasteiger partial charge in [-0.15, -0.1) is 35.3 Å². The van der Waals surface area contributed by atoms with Gasteiger partial charge in [0.05, 0.1) is 18.8 Å². The van der Waals surface area contributed by atoms with E-state index in [4.69, 9.17) is 9.73 Å². The van der Waals surface area contributed by atoms with Crippen LogP contribution >= 0.6 is 35.3 Å². The number of rotatable bonds is 7. The van der Waals surface area contributed by atoms with Gasteiger partial charge in [0, 0.05) is 51.6 Å². The van der Waals surface area contributed by atoms with Crippen LogP contribution in [0.2, 0.25) is 0 Å². The molecule has 0 saturated carbocycles. The molecule has 1 aromatic rings. The number of likely N-dealkylation sites (tertiary alicyclic amines) is 1. The van der Waals surface area contributed by atoms with Crippen LogP contribution in [0.25, 0.3) is 0 Å². The van der Waals surface area contributed by atoms with E-state index in [2.05, 4.69) is 27.5 Å². The van der Waals surface area contributed by atoms with Crippen molar-refractivity contribution in [2.24, 2.45) is 10.9 Å². The Kier molecular flexibility index (Phi) is 9.91. The van der Waals surface area contributed by atoms with Gasteiger partial charge in [-0.2, -0.15) is 0 Å². The molecule has 1 aliphatic heterocycles. The molecule has 0 bridgehead atoms. The van der Waals surface area contributed by atoms with Crippen LogP contribution in [0.4, 0.5) is 5.13 Å². The molecular formula is C16H30IN5OS. The lowest BCUT2D eigenvalue weighted by atomic mass is 10.1. The molecule has 6 nitrogen and oxygen atoms in total. The first-order chi connectivity index (χ1) is 11.1. The zero-order valence-electron chi connectivity index (χ0n) is 15.1. The number of aliphatic imine (C=N–C) groups is 1. The van der Waals surface area contributed by atoms with Gasteiger partial charge < -0.3 is 19.9 Å². The summed E-state index contributed by atoms with van der Waals surface area (Å²) in [5, 5.41) is 6.51. The third kappa shape index (κ3) is 6.36. The highest BCUT2D eigenvalue weighted by Gasteiger charge is 2.24. The smallest absolute Gasteiger partial charge is 0.194 e. The molecule has 0 radical (unpaired) electrons. The van der Waals surface area contributed by atoms with Crippen molar-refractivity contribution in [2.45, 2.75) is 26.8 Å². The Morgan fingerprint density at radius 3 is 2.92 bits per heavy atom. The number of hydrogen-bond donors (Lipinski definition) is 1. The van der Waals surface area contributed by atoms with Gasteiger partial charge in [-0.3, -0.25) is 0 Å². The molecule has 2 heterocycles. The summed E-state index contributed by atoms with van der Waals surface area (Å²) in [5.74, 6) is 1.60. The molecule has 2 rings (SSSR count). The second-order valence-corrected chi connectivity index (χ2v) is 6.78. The van der Waals surface area contributed by atoms with Gasteiger partial charge in [0.2, 0.25) is 0 Å². The normalized spacial score (nSPS) is 17.8. The number of anilines is 1. The molecule has 1 aromatic heterocycles. The number of hydrogen-bond acceptors (Lipinski definition) is 5. The van der Waals surface area contributed by atoms with Crippen LogP contribution in [-0.2, 0) is 11.3 Å². The van der Waals surface area contributed by atoms with Crippen LogP contribution in [-0.4, -0.2) is 62.8 Å². The summed E-state index contributed by atoms with van der Waals surface area (Å²) in [5.41, 5.74) is 1.03. The van der Waals surface area contributed by atoms with Gasteiger partial charge in [0.1, 0.15) is 0 Å². The highest BCUT2D eigenvalue weighted by atomic mass is 127. The van der Waals surface area contributed by atoms with Gasteiger partial charge in [0.15, 0.2) is 11.1 Å². The van der Waals surface area contributed by atoms with Crippen LogP contribution in [0.15, 0.2) is 10.4 Å². The van der Waals surface area contributed by atoms with E-state index >= 15 is 0 Å². The average molecular weight is 467 g/mol. The molecule has 1 N–H and O–H groups in total. The summed E-state index contributed by atoms with van der Waals surface area (Å²) in [6.45, 7) is 9.37. The highest BCUT2D eigenvalue weighted by molar-refractivity contribution is 14.0. The Labute approximate surface area is 166 Å². The third-order valence-corrected chi connectivity index (χ3v) is 4.85. The summed E-state index contributed by atoms with van der Waals surface area (Å²) < 4.78 is 5.56. The fraction of sp³-hybridized carbons (Fsp3) is 0.750. The molecule has 8 heteroatoms. The van der Waals surface area contributed by atoms with Crippen LogP contribution < -0.4 is 10.2 Å². The Morgan fingerprint density at radius 2 is 2.29 bits per heavy atom. The first-order valence-corrected chi connectivity index (χ1v) is 9.24. The first kappa shape index (κ1) is 21.4. The Hall–Kier alpha value is -0.610. The van der Waals surface area contributed by atoms with Gasteiger partial charge in [-0.1, -0.05) is 0 Å². The van der Waals surface area contributed by atoms with Gasteiger partial charge in [0.25, 0.3) is 0 Å². The van der Waals surface area contributed by atoms with Crippen LogP contribution in [0.1, 0.15) is 26.0 Å². The second kappa shape index (κ2) is 11.1. The Morgan fingerprint density at radius 1 is 1.50 bits per heavy atom. The van der Waals surface area contributed by atoms with Crippen molar-refractivity contribution in [1.29, 1.82) is 0 Å². The number of aromatic nitrogens is 1. The zero-order valence-corrected chi connectivity index (χ0v) is 18.3. The van der Waals surface area contributed by atoms with E-state index in [0.29, 0.717) is 12.5 Å². The van der Waals surface area contributed by atoms with Crippen molar-refractivity contribution in [1.82, 2.24) is 15.2 Å². The molecule has 0 aromatic carbocycles. The monoisotopic (exact) mass is 467 g/mol. The molecule has 0 spiro atoms. The van der Waals surface area contributed by atoms with Crippen molar-refractivity contribution in [3.63, 3.8) is 0 Å². The van der Waals surface area contributed by atoms with Crippen molar-refractivity contribution in [2.75, 3.05) is 51.8 Å². The van der Waals surface area contributed by atoms with Crippen LogP contribution in [0.5, 0.6) is 0 Å². The molecule has 1 fully saturated rings. The molecule has 1 aliphatic rings. The Balaban J connectivity index is 0.00000288. The van der Waals surface area contributed by atoms with E-state index in [9.17, 15) is 0 Å². The predicted octanol–water partition coefficient (Wildman–Crippen LogP) is 2.65. The minimum atomic E-state index is 0. The number of guanidine groups is 1. The summed E-state index contributed by atoms with van der Waals surface area (Å²) in [4.78, 5) is 13.7. The lowest BCUT2D eigenvalue weighted by Gasteiger charge is -2.21. The second-order valence-electron chi connectivity index (χ2n) is 5.95. The topological polar surface area (TPSA) is 53.0 Å². The van der Waals surface area contributed by atoms with Crippen molar-refractivity contribution in [3.05, 3.63) is 11.1 Å². The van der Waals surface area contributed by atoms with Gasteiger partial charge in [-0.25, -0.2) is 9.98 Å². The summed E-state index contributed by atoms with van der Waals surface area (Å²) >= 11 is 1.66. The van der Waals surface area contributed by atoms with E-state index in [-0.39, 0.29) is 24.0 Å². The maximum Gasteiger partial charge on any atom is 0.194 e. The minimum absolute atomic E-state index is 0. The lowest BCUT2D eigenvalue weighted by Crippen LogP contribution is -2.40. The maximum absolute atomic E-state index is 5.56. The molecule has 1 atom stereocenters. The molecule has 0 amide bonds. The molecule has 1 saturated heterocycles. The van der Waals surface area contributed by atoms with Crippen molar-refractivity contribution >= 4 is 46.4 Å². The van der Waals surface area contributed by atoms with Gasteiger partial charge >= 0.3 is 0 Å². The number of ether oxygens (including phenoxy) is 1. The predicted molar refractivity (Wildman–Crippen MR) is 113 cm³/mol. The number of nitrogens with zero attached hydrogens (tertiary/aromatic N) is 4. The summed E-state index contributed by atoms with van der Waals surface area (Å²) in [6.07, 6.45) is 1.17. The molecule has 138 valence electrons. The van der Waals surface area contributed by atoms with Crippen LogP contribution in [0, 0.1) is 5.92 Å². The summed E-state index contributed by atoms with van der Waals surface area (Å²) in [6, 6.07) is 0. The number of halogens is 1. The van der Waals surface area contributed by atoms with E-state index in [1.807, 2.05) is 25.9 Å². The first-order valence-electron chi connectivity index (χ1n) is 8.36. The van der Waals surface area contributed by atoms with Crippen molar-refractivity contribution < 1.29 is 4.74 Å². The molecular weight excluding hydrogens is 437 g/mol. The summed E-state index contributed by atoms with van der Waals surface area (Å²) in [7, 11) is 4.03. The number of thiazole rings is 1. The van der Waals surface area contributed by atoms with Crippen LogP contribution in [0.3, 0.4) is 0 Å². The Bertz CT molecular complexity index is 508. The SMILES string of the molecule is CCNC(=NCc1csc(N(C)C)n1)N1CCC(COCC)C1.I. The van der Waals surface area contributed by atoms with E-state index in [1.54, 1.807) is 11.3 Å². The molecule has 1 unspecified atom stereocenters. The lowest BCUT2D eigenvalue weighted by molar-refractivity contribution is 0.114. The fourth-order valence-corrected chi connectivity index (χ4v) is 3.35. The molecule has 24 heavy (non-hydrogen) atoms. The van der Waals surface area contributed by atoms with Gasteiger partial charge in [-0.05, 0) is 20.3 Å². The quantitative estimate of drug-likeness (QED) is 0.380. The highest BCUT2D eigenvalue weighted by Crippen LogP contribution is 2.19. The van der Waals surface area contributed by atoms with E-state index < -0.39 is 0 Å². The largest absolute Gasteiger partial charge is 0.381 e. The number of nitrogens with one attached hydrogen (secondary N) is 1. The standard InChI is InChI=1S/C16H29N5OS.HI/c1-5-17-15(21-8-7-13(10-21)11-22-6-2)18-9-14-12-23-16(19-14)20(3)4;/h12-13H,5-11H2,1-4H3,(H,17,18);1H. The van der Waals surface area contributed by atoms with E-state index in [0.717, 1.165) is 49.6 Å². The maximum atomic E-state index is 5.56. The molecule has 0 aliphatic carbocycles. The zero-order chi connectivity index (χ0) is 16.7.